The predicted molar refractivity (Wildman–Crippen MR) is 85.0 cm³/mol. The molecule has 1 N–H and O–H groups in total. The average molecular weight is 342 g/mol. The van der Waals surface area contributed by atoms with Gasteiger partial charge in [0.15, 0.2) is 6.79 Å². The van der Waals surface area contributed by atoms with Gasteiger partial charge in [0, 0.05) is 16.1 Å². The molecule has 1 atom stereocenters. The third kappa shape index (κ3) is 5.08. The SMILES string of the molecule is CCCNC(C)c1cc(Br)ccc1OCOCC1CC1. The van der Waals surface area contributed by atoms with E-state index >= 15 is 0 Å². The van der Waals surface area contributed by atoms with Gasteiger partial charge in [-0.2, -0.15) is 0 Å². The van der Waals surface area contributed by atoms with E-state index in [9.17, 15) is 0 Å². The van der Waals surface area contributed by atoms with Crippen molar-refractivity contribution in [3.8, 4) is 5.75 Å². The first-order chi connectivity index (χ1) is 9.70. The van der Waals surface area contributed by atoms with E-state index in [0.29, 0.717) is 6.79 Å². The summed E-state index contributed by atoms with van der Waals surface area (Å²) >= 11 is 3.53. The Bertz CT molecular complexity index is 421. The maximum atomic E-state index is 5.79. The van der Waals surface area contributed by atoms with Gasteiger partial charge in [-0.1, -0.05) is 22.9 Å². The van der Waals surface area contributed by atoms with Gasteiger partial charge < -0.3 is 14.8 Å². The van der Waals surface area contributed by atoms with E-state index in [1.807, 2.05) is 12.1 Å². The second-order valence-electron chi connectivity index (χ2n) is 5.43. The van der Waals surface area contributed by atoms with Crippen LogP contribution in [-0.2, 0) is 4.74 Å². The highest BCUT2D eigenvalue weighted by molar-refractivity contribution is 9.10. The Morgan fingerprint density at radius 3 is 2.90 bits per heavy atom. The third-order valence-corrected chi connectivity index (χ3v) is 3.98. The number of hydrogen-bond acceptors (Lipinski definition) is 3. The van der Waals surface area contributed by atoms with Gasteiger partial charge in [0.1, 0.15) is 5.75 Å². The van der Waals surface area contributed by atoms with Crippen LogP contribution in [0.15, 0.2) is 22.7 Å². The van der Waals surface area contributed by atoms with Crippen LogP contribution in [0.2, 0.25) is 0 Å². The Labute approximate surface area is 130 Å². The van der Waals surface area contributed by atoms with Crippen molar-refractivity contribution in [2.75, 3.05) is 19.9 Å². The highest BCUT2D eigenvalue weighted by atomic mass is 79.9. The van der Waals surface area contributed by atoms with Gasteiger partial charge in [-0.3, -0.25) is 0 Å². The quantitative estimate of drug-likeness (QED) is 0.537. The summed E-state index contributed by atoms with van der Waals surface area (Å²) < 4.78 is 12.4. The highest BCUT2D eigenvalue weighted by Crippen LogP contribution is 2.30. The minimum atomic E-state index is 0.269. The summed E-state index contributed by atoms with van der Waals surface area (Å²) in [6.07, 6.45) is 3.74. The number of hydrogen-bond donors (Lipinski definition) is 1. The van der Waals surface area contributed by atoms with Gasteiger partial charge in [0.05, 0.1) is 6.61 Å². The molecule has 4 heteroatoms. The number of ether oxygens (including phenoxy) is 2. The van der Waals surface area contributed by atoms with E-state index in [-0.39, 0.29) is 6.04 Å². The Morgan fingerprint density at radius 2 is 2.20 bits per heavy atom. The molecular weight excluding hydrogens is 318 g/mol. The zero-order chi connectivity index (χ0) is 14.4. The Hall–Kier alpha value is -0.580. The zero-order valence-electron chi connectivity index (χ0n) is 12.3. The molecule has 1 aliphatic rings. The van der Waals surface area contributed by atoms with Crippen LogP contribution in [0.1, 0.15) is 44.7 Å². The summed E-state index contributed by atoms with van der Waals surface area (Å²) in [6, 6.07) is 6.39. The first-order valence-electron chi connectivity index (χ1n) is 7.44. The average Bonchev–Trinajstić information content (AvgIpc) is 3.26. The Balaban J connectivity index is 1.90. The standard InChI is InChI=1S/C16H24BrNO2/c1-3-8-18-12(2)15-9-14(17)6-7-16(15)20-11-19-10-13-4-5-13/h6-7,9,12-13,18H,3-5,8,10-11H2,1-2H3. The highest BCUT2D eigenvalue weighted by Gasteiger charge is 2.21. The molecule has 0 radical (unpaired) electrons. The normalized spacial score (nSPS) is 16.1. The third-order valence-electron chi connectivity index (χ3n) is 3.49. The molecule has 2 rings (SSSR count). The predicted octanol–water partition coefficient (Wildman–Crippen LogP) is 4.27. The smallest absolute Gasteiger partial charge is 0.189 e. The number of benzene rings is 1. The molecule has 1 saturated carbocycles. The maximum Gasteiger partial charge on any atom is 0.189 e. The maximum absolute atomic E-state index is 5.79. The number of nitrogens with one attached hydrogen (secondary N) is 1. The van der Waals surface area contributed by atoms with Crippen LogP contribution in [-0.4, -0.2) is 19.9 Å². The van der Waals surface area contributed by atoms with Crippen molar-refractivity contribution in [3.63, 3.8) is 0 Å². The summed E-state index contributed by atoms with van der Waals surface area (Å²) in [4.78, 5) is 0. The first-order valence-corrected chi connectivity index (χ1v) is 8.23. The lowest BCUT2D eigenvalue weighted by atomic mass is 10.1. The number of rotatable bonds is 9. The molecule has 0 heterocycles. The Kier molecular flexibility index (Phi) is 6.33. The second-order valence-corrected chi connectivity index (χ2v) is 6.35. The van der Waals surface area contributed by atoms with Crippen LogP contribution in [0, 0.1) is 5.92 Å². The van der Waals surface area contributed by atoms with Crippen LogP contribution in [0.25, 0.3) is 0 Å². The van der Waals surface area contributed by atoms with Crippen molar-refractivity contribution in [2.24, 2.45) is 5.92 Å². The first kappa shape index (κ1) is 15.8. The molecule has 1 fully saturated rings. The number of halogens is 1. The van der Waals surface area contributed by atoms with Gasteiger partial charge in [-0.05, 0) is 56.8 Å². The molecule has 112 valence electrons. The molecule has 0 amide bonds. The van der Waals surface area contributed by atoms with E-state index < -0.39 is 0 Å². The van der Waals surface area contributed by atoms with E-state index in [4.69, 9.17) is 9.47 Å². The minimum Gasteiger partial charge on any atom is -0.467 e. The topological polar surface area (TPSA) is 30.5 Å². The molecule has 1 unspecified atom stereocenters. The van der Waals surface area contributed by atoms with Crippen LogP contribution >= 0.6 is 15.9 Å². The van der Waals surface area contributed by atoms with Crippen LogP contribution in [0.4, 0.5) is 0 Å². The summed E-state index contributed by atoms with van der Waals surface area (Å²) in [6.45, 7) is 6.51. The van der Waals surface area contributed by atoms with Crippen molar-refractivity contribution in [1.82, 2.24) is 5.32 Å². The van der Waals surface area contributed by atoms with Crippen molar-refractivity contribution in [3.05, 3.63) is 28.2 Å². The Morgan fingerprint density at radius 1 is 1.40 bits per heavy atom. The molecule has 0 aromatic heterocycles. The van der Waals surface area contributed by atoms with E-state index in [0.717, 1.165) is 35.7 Å². The molecule has 0 bridgehead atoms. The minimum absolute atomic E-state index is 0.269. The second kappa shape index (κ2) is 8.01. The van der Waals surface area contributed by atoms with Crippen LogP contribution in [0.3, 0.4) is 0 Å². The molecule has 0 saturated heterocycles. The van der Waals surface area contributed by atoms with Crippen LogP contribution in [0.5, 0.6) is 5.75 Å². The lowest BCUT2D eigenvalue weighted by molar-refractivity contribution is 0.00923. The largest absolute Gasteiger partial charge is 0.467 e. The fraction of sp³-hybridized carbons (Fsp3) is 0.625. The van der Waals surface area contributed by atoms with Crippen LogP contribution < -0.4 is 10.1 Å². The molecule has 3 nitrogen and oxygen atoms in total. The van der Waals surface area contributed by atoms with Crippen molar-refractivity contribution < 1.29 is 9.47 Å². The van der Waals surface area contributed by atoms with E-state index in [1.54, 1.807) is 0 Å². The zero-order valence-corrected chi connectivity index (χ0v) is 13.9. The van der Waals surface area contributed by atoms with Gasteiger partial charge in [0.2, 0.25) is 0 Å². The molecule has 20 heavy (non-hydrogen) atoms. The van der Waals surface area contributed by atoms with Crippen molar-refractivity contribution in [2.45, 2.75) is 39.2 Å². The summed E-state index contributed by atoms with van der Waals surface area (Å²) in [5, 5.41) is 3.49. The monoisotopic (exact) mass is 341 g/mol. The summed E-state index contributed by atoms with van der Waals surface area (Å²) in [5.41, 5.74) is 1.17. The molecule has 0 spiro atoms. The molecular formula is C16H24BrNO2. The fourth-order valence-electron chi connectivity index (χ4n) is 2.06. The summed E-state index contributed by atoms with van der Waals surface area (Å²) in [5.74, 6) is 1.67. The van der Waals surface area contributed by atoms with Crippen molar-refractivity contribution >= 4 is 15.9 Å². The van der Waals surface area contributed by atoms with Gasteiger partial charge >= 0.3 is 0 Å². The van der Waals surface area contributed by atoms with E-state index in [2.05, 4.69) is 41.2 Å². The van der Waals surface area contributed by atoms with Gasteiger partial charge in [-0.15, -0.1) is 0 Å². The fourth-order valence-corrected chi connectivity index (χ4v) is 2.44. The summed E-state index contributed by atoms with van der Waals surface area (Å²) in [7, 11) is 0. The molecule has 1 aromatic rings. The molecule has 1 aliphatic carbocycles. The lowest BCUT2D eigenvalue weighted by Crippen LogP contribution is -2.20. The lowest BCUT2D eigenvalue weighted by Gasteiger charge is -2.18. The van der Waals surface area contributed by atoms with Gasteiger partial charge in [0.25, 0.3) is 0 Å². The molecule has 1 aromatic carbocycles. The van der Waals surface area contributed by atoms with Crippen molar-refractivity contribution in [1.29, 1.82) is 0 Å². The molecule has 0 aliphatic heterocycles. The van der Waals surface area contributed by atoms with E-state index in [1.165, 1.54) is 18.4 Å². The van der Waals surface area contributed by atoms with Gasteiger partial charge in [-0.25, -0.2) is 0 Å².